The number of urea groups is 1. The van der Waals surface area contributed by atoms with Crippen LogP contribution in [0.3, 0.4) is 0 Å². The van der Waals surface area contributed by atoms with Crippen molar-refractivity contribution in [2.45, 2.75) is 32.2 Å². The lowest BCUT2D eigenvalue weighted by Crippen LogP contribution is -2.52. The number of piperazine rings is 1. The molecule has 2 aliphatic heterocycles. The summed E-state index contributed by atoms with van der Waals surface area (Å²) in [6.45, 7) is 9.06. The van der Waals surface area contributed by atoms with Crippen LogP contribution in [0.5, 0.6) is 5.75 Å². The Morgan fingerprint density at radius 2 is 1.89 bits per heavy atom. The van der Waals surface area contributed by atoms with Crippen molar-refractivity contribution in [1.29, 1.82) is 0 Å². The van der Waals surface area contributed by atoms with Gasteiger partial charge in [0.1, 0.15) is 5.75 Å². The third-order valence-corrected chi connectivity index (χ3v) is 6.00. The Morgan fingerprint density at radius 3 is 2.63 bits per heavy atom. The summed E-state index contributed by atoms with van der Waals surface area (Å²) in [6.07, 6.45) is 3.96. The van der Waals surface area contributed by atoms with Crippen LogP contribution in [0, 0.1) is 5.92 Å². The average Bonchev–Trinajstić information content (AvgIpc) is 3.45. The van der Waals surface area contributed by atoms with E-state index in [4.69, 9.17) is 4.74 Å². The standard InChI is InChI=1S/C21H32N4O2/c1-2-27-20-6-4-3-5-19(20)23-11-13-24(14-12-23)21(26)22-15-17-9-10-25(16-17)18-7-8-18/h3-6,17-18H,2,7-16H2,1H3,(H,22,26). The molecule has 6 nitrogen and oxygen atoms in total. The molecule has 2 heterocycles. The summed E-state index contributed by atoms with van der Waals surface area (Å²) in [5, 5.41) is 3.18. The first-order chi connectivity index (χ1) is 13.2. The molecule has 0 spiro atoms. The number of carbonyl (C=O) groups is 1. The summed E-state index contributed by atoms with van der Waals surface area (Å²) in [4.78, 5) is 19.4. The molecule has 1 aromatic carbocycles. The molecule has 1 aromatic rings. The van der Waals surface area contributed by atoms with Crippen LogP contribution in [0.25, 0.3) is 0 Å². The summed E-state index contributed by atoms with van der Waals surface area (Å²) in [6, 6.07) is 9.11. The lowest BCUT2D eigenvalue weighted by molar-refractivity contribution is 0.192. The maximum absolute atomic E-state index is 12.6. The highest BCUT2D eigenvalue weighted by Crippen LogP contribution is 2.31. The van der Waals surface area contributed by atoms with Crippen LogP contribution in [0.15, 0.2) is 24.3 Å². The van der Waals surface area contributed by atoms with Gasteiger partial charge >= 0.3 is 6.03 Å². The van der Waals surface area contributed by atoms with Crippen LogP contribution in [0.1, 0.15) is 26.2 Å². The van der Waals surface area contributed by atoms with Crippen molar-refractivity contribution in [3.05, 3.63) is 24.3 Å². The molecule has 148 valence electrons. The number of benzene rings is 1. The number of ether oxygens (including phenoxy) is 1. The first-order valence-electron chi connectivity index (χ1n) is 10.5. The lowest BCUT2D eigenvalue weighted by Gasteiger charge is -2.36. The molecule has 1 atom stereocenters. The SMILES string of the molecule is CCOc1ccccc1N1CCN(C(=O)NCC2CCN(C3CC3)C2)CC1. The van der Waals surface area contributed by atoms with Gasteiger partial charge in [-0.05, 0) is 50.8 Å². The summed E-state index contributed by atoms with van der Waals surface area (Å²) >= 11 is 0. The number of anilines is 1. The fourth-order valence-corrected chi connectivity index (χ4v) is 4.29. The average molecular weight is 373 g/mol. The predicted octanol–water partition coefficient (Wildman–Crippen LogP) is 2.40. The Bertz CT molecular complexity index is 641. The topological polar surface area (TPSA) is 48.1 Å². The van der Waals surface area contributed by atoms with Crippen molar-refractivity contribution >= 4 is 11.7 Å². The third-order valence-electron chi connectivity index (χ3n) is 6.00. The minimum atomic E-state index is 0.0950. The first-order valence-corrected chi connectivity index (χ1v) is 10.5. The maximum atomic E-state index is 12.6. The number of hydrogen-bond acceptors (Lipinski definition) is 4. The Hall–Kier alpha value is -1.95. The summed E-state index contributed by atoms with van der Waals surface area (Å²) in [5.41, 5.74) is 1.13. The van der Waals surface area contributed by atoms with Gasteiger partial charge in [0.15, 0.2) is 0 Å². The zero-order valence-electron chi connectivity index (χ0n) is 16.4. The fourth-order valence-electron chi connectivity index (χ4n) is 4.29. The summed E-state index contributed by atoms with van der Waals surface area (Å²) in [7, 11) is 0. The number of rotatable bonds is 6. The van der Waals surface area contributed by atoms with E-state index < -0.39 is 0 Å². The summed E-state index contributed by atoms with van der Waals surface area (Å²) < 4.78 is 5.75. The Labute approximate surface area is 162 Å². The smallest absolute Gasteiger partial charge is 0.317 e. The van der Waals surface area contributed by atoms with Crippen LogP contribution in [0.4, 0.5) is 10.5 Å². The highest BCUT2D eigenvalue weighted by molar-refractivity contribution is 5.74. The monoisotopic (exact) mass is 372 g/mol. The lowest BCUT2D eigenvalue weighted by atomic mass is 10.1. The second kappa shape index (κ2) is 8.38. The molecular weight excluding hydrogens is 340 g/mol. The number of amides is 2. The van der Waals surface area contributed by atoms with E-state index in [0.717, 1.165) is 56.7 Å². The van der Waals surface area contributed by atoms with Crippen molar-refractivity contribution in [2.24, 2.45) is 5.92 Å². The number of nitrogens with one attached hydrogen (secondary N) is 1. The van der Waals surface area contributed by atoms with Gasteiger partial charge in [-0.1, -0.05) is 12.1 Å². The van der Waals surface area contributed by atoms with Crippen LogP contribution in [-0.2, 0) is 0 Å². The number of carbonyl (C=O) groups excluding carboxylic acids is 1. The second-order valence-electron chi connectivity index (χ2n) is 7.94. The van der Waals surface area contributed by atoms with Gasteiger partial charge in [0.2, 0.25) is 0 Å². The molecule has 2 saturated heterocycles. The van der Waals surface area contributed by atoms with E-state index in [9.17, 15) is 4.79 Å². The van der Waals surface area contributed by atoms with Gasteiger partial charge in [-0.25, -0.2) is 4.79 Å². The molecule has 0 aromatic heterocycles. The van der Waals surface area contributed by atoms with Gasteiger partial charge in [0.05, 0.1) is 12.3 Å². The van der Waals surface area contributed by atoms with Crippen molar-refractivity contribution in [3.63, 3.8) is 0 Å². The molecule has 0 bridgehead atoms. The maximum Gasteiger partial charge on any atom is 0.317 e. The Kier molecular flexibility index (Phi) is 5.72. The van der Waals surface area contributed by atoms with Crippen LogP contribution >= 0.6 is 0 Å². The Balaban J connectivity index is 1.22. The largest absolute Gasteiger partial charge is 0.492 e. The van der Waals surface area contributed by atoms with E-state index in [-0.39, 0.29) is 6.03 Å². The van der Waals surface area contributed by atoms with Gasteiger partial charge in [0, 0.05) is 45.3 Å². The van der Waals surface area contributed by atoms with E-state index in [1.54, 1.807) is 0 Å². The quantitative estimate of drug-likeness (QED) is 0.833. The van der Waals surface area contributed by atoms with Crippen molar-refractivity contribution in [1.82, 2.24) is 15.1 Å². The van der Waals surface area contributed by atoms with E-state index in [1.807, 2.05) is 30.0 Å². The van der Waals surface area contributed by atoms with Crippen LogP contribution in [-0.4, -0.2) is 74.3 Å². The zero-order valence-corrected chi connectivity index (χ0v) is 16.4. The van der Waals surface area contributed by atoms with Gasteiger partial charge in [-0.3, -0.25) is 0 Å². The van der Waals surface area contributed by atoms with Crippen LogP contribution < -0.4 is 15.0 Å². The highest BCUT2D eigenvalue weighted by Gasteiger charge is 2.34. The molecule has 1 aliphatic carbocycles. The molecule has 0 radical (unpaired) electrons. The molecule has 6 heteroatoms. The van der Waals surface area contributed by atoms with E-state index in [2.05, 4.69) is 21.2 Å². The van der Waals surface area contributed by atoms with Gasteiger partial charge < -0.3 is 24.8 Å². The third kappa shape index (κ3) is 4.49. The van der Waals surface area contributed by atoms with E-state index in [0.29, 0.717) is 12.5 Å². The normalized spacial score (nSPS) is 23.5. The minimum absolute atomic E-state index is 0.0950. The van der Waals surface area contributed by atoms with E-state index >= 15 is 0 Å². The van der Waals surface area contributed by atoms with Crippen LogP contribution in [0.2, 0.25) is 0 Å². The molecule has 1 N–H and O–H groups in total. The van der Waals surface area contributed by atoms with Crippen molar-refractivity contribution in [2.75, 3.05) is 57.3 Å². The molecule has 3 fully saturated rings. The van der Waals surface area contributed by atoms with Gasteiger partial charge in [-0.2, -0.15) is 0 Å². The Morgan fingerprint density at radius 1 is 1.11 bits per heavy atom. The molecule has 3 aliphatic rings. The van der Waals surface area contributed by atoms with Crippen molar-refractivity contribution in [3.8, 4) is 5.75 Å². The second-order valence-corrected chi connectivity index (χ2v) is 7.94. The number of likely N-dealkylation sites (tertiary alicyclic amines) is 1. The molecule has 2 amide bonds. The molecular formula is C21H32N4O2. The predicted molar refractivity (Wildman–Crippen MR) is 107 cm³/mol. The van der Waals surface area contributed by atoms with Crippen molar-refractivity contribution < 1.29 is 9.53 Å². The zero-order chi connectivity index (χ0) is 18.6. The minimum Gasteiger partial charge on any atom is -0.492 e. The number of nitrogens with zero attached hydrogens (tertiary/aromatic N) is 3. The molecule has 4 rings (SSSR count). The molecule has 1 unspecified atom stereocenters. The van der Waals surface area contributed by atoms with E-state index in [1.165, 1.54) is 25.8 Å². The fraction of sp³-hybridized carbons (Fsp3) is 0.667. The van der Waals surface area contributed by atoms with Gasteiger partial charge in [0.25, 0.3) is 0 Å². The number of para-hydroxylation sites is 2. The highest BCUT2D eigenvalue weighted by atomic mass is 16.5. The summed E-state index contributed by atoms with van der Waals surface area (Å²) in [5.74, 6) is 1.55. The molecule has 1 saturated carbocycles. The number of hydrogen-bond donors (Lipinski definition) is 1. The molecule has 27 heavy (non-hydrogen) atoms. The first kappa shape index (κ1) is 18.4. The van der Waals surface area contributed by atoms with Gasteiger partial charge in [-0.15, -0.1) is 0 Å².